The van der Waals surface area contributed by atoms with Gasteiger partial charge in [0.25, 0.3) is 0 Å². The number of nitrogens with zero attached hydrogens (tertiary/aromatic N) is 1. The van der Waals surface area contributed by atoms with E-state index in [-0.39, 0.29) is 12.3 Å². The third kappa shape index (κ3) is 3.77. The van der Waals surface area contributed by atoms with Gasteiger partial charge in [-0.3, -0.25) is 4.98 Å². The number of alkyl halides is 3. The van der Waals surface area contributed by atoms with E-state index in [9.17, 15) is 13.2 Å². The first kappa shape index (κ1) is 11.0. The Labute approximate surface area is 81.0 Å². The molecule has 1 rings (SSSR count). The molecule has 1 unspecified atom stereocenters. The summed E-state index contributed by atoms with van der Waals surface area (Å²) in [5.41, 5.74) is 0.719. The maximum absolute atomic E-state index is 11.9. The summed E-state index contributed by atoms with van der Waals surface area (Å²) >= 11 is 0. The van der Waals surface area contributed by atoms with Gasteiger partial charge in [-0.05, 0) is 24.5 Å². The van der Waals surface area contributed by atoms with Crippen LogP contribution in [0.15, 0.2) is 24.4 Å². The van der Waals surface area contributed by atoms with Crippen molar-refractivity contribution in [3.8, 4) is 0 Å². The van der Waals surface area contributed by atoms with Gasteiger partial charge in [-0.15, -0.1) is 0 Å². The lowest BCUT2D eigenvalue weighted by molar-refractivity contribution is -0.136. The highest BCUT2D eigenvalue weighted by molar-refractivity contribution is 5.08. The molecule has 14 heavy (non-hydrogen) atoms. The van der Waals surface area contributed by atoms with Crippen LogP contribution < -0.4 is 0 Å². The molecule has 1 heterocycles. The smallest absolute Gasteiger partial charge is 0.261 e. The van der Waals surface area contributed by atoms with Crippen molar-refractivity contribution >= 4 is 0 Å². The molecule has 0 aliphatic rings. The van der Waals surface area contributed by atoms with Crippen LogP contribution in [0.5, 0.6) is 0 Å². The fraction of sp³-hybridized carbons (Fsp3) is 0.500. The Morgan fingerprint density at radius 1 is 1.36 bits per heavy atom. The van der Waals surface area contributed by atoms with Gasteiger partial charge >= 0.3 is 6.18 Å². The first-order valence-electron chi connectivity index (χ1n) is 4.47. The number of aromatic nitrogens is 1. The van der Waals surface area contributed by atoms with Crippen molar-refractivity contribution in [2.45, 2.75) is 31.9 Å². The van der Waals surface area contributed by atoms with Crippen LogP contribution in [0.4, 0.5) is 13.2 Å². The van der Waals surface area contributed by atoms with E-state index in [2.05, 4.69) is 4.98 Å². The molecular weight excluding hydrogens is 191 g/mol. The van der Waals surface area contributed by atoms with Crippen LogP contribution in [0, 0.1) is 0 Å². The van der Waals surface area contributed by atoms with Crippen molar-refractivity contribution in [2.75, 3.05) is 0 Å². The molecule has 0 amide bonds. The number of hydrogen-bond acceptors (Lipinski definition) is 1. The summed E-state index contributed by atoms with van der Waals surface area (Å²) in [4.78, 5) is 4.01. The summed E-state index contributed by atoms with van der Waals surface area (Å²) in [6, 6.07) is 5.29. The van der Waals surface area contributed by atoms with Gasteiger partial charge in [-0.1, -0.05) is 13.0 Å². The Bertz CT molecular complexity index is 268. The molecule has 0 spiro atoms. The van der Waals surface area contributed by atoms with E-state index in [4.69, 9.17) is 0 Å². The number of hydrogen-bond donors (Lipinski definition) is 0. The summed E-state index contributed by atoms with van der Waals surface area (Å²) < 4.78 is 35.7. The van der Waals surface area contributed by atoms with Gasteiger partial charge in [-0.2, -0.15) is 13.2 Å². The van der Waals surface area contributed by atoms with Crippen LogP contribution in [-0.4, -0.2) is 11.2 Å². The van der Waals surface area contributed by atoms with Gasteiger partial charge in [0.1, 0.15) is 0 Å². The van der Waals surface area contributed by atoms with Crippen molar-refractivity contribution in [1.82, 2.24) is 4.98 Å². The van der Waals surface area contributed by atoms with E-state index >= 15 is 0 Å². The Morgan fingerprint density at radius 2 is 2.07 bits per heavy atom. The maximum Gasteiger partial charge on any atom is 0.389 e. The Morgan fingerprint density at radius 3 is 2.57 bits per heavy atom. The maximum atomic E-state index is 11.9. The summed E-state index contributed by atoms with van der Waals surface area (Å²) in [5.74, 6) is -0.141. The van der Waals surface area contributed by atoms with Crippen LogP contribution in [0.2, 0.25) is 0 Å². The highest BCUT2D eigenvalue weighted by atomic mass is 19.4. The van der Waals surface area contributed by atoms with Crippen molar-refractivity contribution in [1.29, 1.82) is 0 Å². The van der Waals surface area contributed by atoms with Crippen LogP contribution in [-0.2, 0) is 0 Å². The minimum Gasteiger partial charge on any atom is -0.261 e. The zero-order chi connectivity index (χ0) is 10.6. The van der Waals surface area contributed by atoms with Gasteiger partial charge in [0.15, 0.2) is 0 Å². The second-order valence-corrected chi connectivity index (χ2v) is 3.31. The minimum atomic E-state index is -4.07. The average molecular weight is 203 g/mol. The third-order valence-electron chi connectivity index (χ3n) is 2.05. The van der Waals surface area contributed by atoms with Crippen molar-refractivity contribution in [3.63, 3.8) is 0 Å². The van der Waals surface area contributed by atoms with Gasteiger partial charge in [-0.25, -0.2) is 0 Å². The van der Waals surface area contributed by atoms with Gasteiger partial charge in [0.05, 0.1) is 0 Å². The molecule has 0 saturated heterocycles. The Kier molecular flexibility index (Phi) is 3.49. The topological polar surface area (TPSA) is 12.9 Å². The first-order valence-corrected chi connectivity index (χ1v) is 4.47. The Hall–Kier alpha value is -1.06. The fourth-order valence-corrected chi connectivity index (χ4v) is 1.20. The second kappa shape index (κ2) is 4.44. The van der Waals surface area contributed by atoms with Crippen LogP contribution in [0.3, 0.4) is 0 Å². The van der Waals surface area contributed by atoms with Gasteiger partial charge < -0.3 is 0 Å². The molecule has 0 saturated carbocycles. The molecule has 78 valence electrons. The summed E-state index contributed by atoms with van der Waals surface area (Å²) in [6.45, 7) is 1.76. The first-order chi connectivity index (χ1) is 6.49. The third-order valence-corrected chi connectivity index (χ3v) is 2.05. The van der Waals surface area contributed by atoms with Gasteiger partial charge in [0.2, 0.25) is 0 Å². The van der Waals surface area contributed by atoms with Crippen molar-refractivity contribution in [3.05, 3.63) is 30.1 Å². The molecule has 1 aromatic heterocycles. The van der Waals surface area contributed by atoms with Crippen LogP contribution in [0.1, 0.15) is 31.4 Å². The molecule has 0 fully saturated rings. The lowest BCUT2D eigenvalue weighted by Crippen LogP contribution is -2.09. The average Bonchev–Trinajstić information content (AvgIpc) is 2.14. The largest absolute Gasteiger partial charge is 0.389 e. The molecule has 0 N–H and O–H groups in total. The molecule has 0 bridgehead atoms. The summed E-state index contributed by atoms with van der Waals surface area (Å²) in [5, 5.41) is 0. The monoisotopic (exact) mass is 203 g/mol. The quantitative estimate of drug-likeness (QED) is 0.732. The highest BCUT2D eigenvalue weighted by Gasteiger charge is 2.27. The summed E-state index contributed by atoms with van der Waals surface area (Å²) in [7, 11) is 0. The van der Waals surface area contributed by atoms with Crippen molar-refractivity contribution in [2.24, 2.45) is 0 Å². The van der Waals surface area contributed by atoms with E-state index in [1.807, 2.05) is 0 Å². The molecular formula is C10H12F3N. The SMILES string of the molecule is CC(CCC(F)(F)F)c1ccccn1. The predicted octanol–water partition coefficient (Wildman–Crippen LogP) is 3.53. The standard InChI is InChI=1S/C10H12F3N/c1-8(5-6-10(11,12)13)9-4-2-3-7-14-9/h2-4,7-8H,5-6H2,1H3. The van der Waals surface area contributed by atoms with Crippen LogP contribution >= 0.6 is 0 Å². The number of halogens is 3. The zero-order valence-corrected chi connectivity index (χ0v) is 7.88. The highest BCUT2D eigenvalue weighted by Crippen LogP contribution is 2.27. The molecule has 1 atom stereocenters. The zero-order valence-electron chi connectivity index (χ0n) is 7.88. The summed E-state index contributed by atoms with van der Waals surface area (Å²) in [6.07, 6.45) is -3.12. The Balaban J connectivity index is 2.48. The molecule has 0 aliphatic heterocycles. The fourth-order valence-electron chi connectivity index (χ4n) is 1.20. The van der Waals surface area contributed by atoms with E-state index in [1.54, 1.807) is 31.3 Å². The number of rotatable bonds is 3. The second-order valence-electron chi connectivity index (χ2n) is 3.31. The van der Waals surface area contributed by atoms with E-state index in [0.29, 0.717) is 0 Å². The molecule has 0 radical (unpaired) electrons. The molecule has 0 aliphatic carbocycles. The minimum absolute atomic E-state index is 0.0977. The predicted molar refractivity (Wildman–Crippen MR) is 47.9 cm³/mol. The molecule has 1 aromatic rings. The van der Waals surface area contributed by atoms with Crippen LogP contribution in [0.25, 0.3) is 0 Å². The lowest BCUT2D eigenvalue weighted by atomic mass is 10.0. The van der Waals surface area contributed by atoms with Crippen molar-refractivity contribution < 1.29 is 13.2 Å². The molecule has 0 aromatic carbocycles. The van der Waals surface area contributed by atoms with E-state index < -0.39 is 12.6 Å². The molecule has 1 nitrogen and oxygen atoms in total. The van der Waals surface area contributed by atoms with E-state index in [1.165, 1.54) is 0 Å². The normalized spacial score (nSPS) is 14.0. The number of pyridine rings is 1. The lowest BCUT2D eigenvalue weighted by Gasteiger charge is -2.11. The van der Waals surface area contributed by atoms with E-state index in [0.717, 1.165) is 5.69 Å². The van der Waals surface area contributed by atoms with Gasteiger partial charge in [0, 0.05) is 18.3 Å². The molecule has 4 heteroatoms.